The number of anilines is 1. The van der Waals surface area contributed by atoms with E-state index >= 15 is 0 Å². The molecule has 17 heavy (non-hydrogen) atoms. The van der Waals surface area contributed by atoms with Crippen LogP contribution in [0.2, 0.25) is 0 Å². The highest BCUT2D eigenvalue weighted by molar-refractivity contribution is 5.80. The standard InChI is InChI=1S/C12H18N4O/c1-14-11-7-9(4-5-15-11)8-16-6-2-3-10(16)12(13)17/h4-5,7,10H,2-3,6,8H2,1H3,(H2,13,17)(H,14,15). The number of hydrogen-bond donors (Lipinski definition) is 2. The Hall–Kier alpha value is -1.62. The zero-order valence-corrected chi connectivity index (χ0v) is 10.0. The highest BCUT2D eigenvalue weighted by atomic mass is 16.1. The van der Waals surface area contributed by atoms with Crippen LogP contribution in [0, 0.1) is 0 Å². The SMILES string of the molecule is CNc1cc(CN2CCCC2C(N)=O)ccn1. The Labute approximate surface area is 101 Å². The molecule has 1 aromatic rings. The number of likely N-dealkylation sites (tertiary alicyclic amines) is 1. The molecule has 0 spiro atoms. The highest BCUT2D eigenvalue weighted by Gasteiger charge is 2.28. The van der Waals surface area contributed by atoms with Crippen molar-refractivity contribution < 1.29 is 4.79 Å². The normalized spacial score (nSPS) is 20.4. The van der Waals surface area contributed by atoms with Crippen LogP contribution in [0.15, 0.2) is 18.3 Å². The lowest BCUT2D eigenvalue weighted by Gasteiger charge is -2.21. The largest absolute Gasteiger partial charge is 0.373 e. The third-order valence-corrected chi connectivity index (χ3v) is 3.16. The Morgan fingerprint density at radius 1 is 1.71 bits per heavy atom. The van der Waals surface area contributed by atoms with Crippen molar-refractivity contribution >= 4 is 11.7 Å². The van der Waals surface area contributed by atoms with Crippen molar-refractivity contribution in [3.8, 4) is 0 Å². The Kier molecular flexibility index (Phi) is 3.58. The molecule has 1 unspecified atom stereocenters. The number of carbonyl (C=O) groups excluding carboxylic acids is 1. The molecule has 0 aliphatic carbocycles. The summed E-state index contributed by atoms with van der Waals surface area (Å²) in [6.07, 6.45) is 3.69. The van der Waals surface area contributed by atoms with Crippen molar-refractivity contribution in [1.29, 1.82) is 0 Å². The van der Waals surface area contributed by atoms with E-state index in [2.05, 4.69) is 15.2 Å². The fraction of sp³-hybridized carbons (Fsp3) is 0.500. The van der Waals surface area contributed by atoms with Gasteiger partial charge in [0.15, 0.2) is 0 Å². The first-order valence-electron chi connectivity index (χ1n) is 5.87. The van der Waals surface area contributed by atoms with E-state index in [1.807, 2.05) is 19.2 Å². The van der Waals surface area contributed by atoms with Gasteiger partial charge in [0.05, 0.1) is 6.04 Å². The Morgan fingerprint density at radius 3 is 3.24 bits per heavy atom. The smallest absolute Gasteiger partial charge is 0.234 e. The summed E-state index contributed by atoms with van der Waals surface area (Å²) < 4.78 is 0. The lowest BCUT2D eigenvalue weighted by atomic mass is 10.2. The fourth-order valence-corrected chi connectivity index (χ4v) is 2.28. The number of pyridine rings is 1. The van der Waals surface area contributed by atoms with Crippen LogP contribution in [-0.2, 0) is 11.3 Å². The van der Waals surface area contributed by atoms with Crippen LogP contribution in [0.3, 0.4) is 0 Å². The van der Waals surface area contributed by atoms with Gasteiger partial charge in [0, 0.05) is 19.8 Å². The summed E-state index contributed by atoms with van der Waals surface area (Å²) in [6, 6.07) is 3.86. The van der Waals surface area contributed by atoms with Crippen LogP contribution >= 0.6 is 0 Å². The molecule has 2 rings (SSSR count). The fourth-order valence-electron chi connectivity index (χ4n) is 2.28. The molecule has 0 radical (unpaired) electrons. The minimum absolute atomic E-state index is 0.110. The summed E-state index contributed by atoms with van der Waals surface area (Å²) in [7, 11) is 1.84. The van der Waals surface area contributed by atoms with Crippen LogP contribution in [0.25, 0.3) is 0 Å². The molecule has 1 fully saturated rings. The van der Waals surface area contributed by atoms with Gasteiger partial charge in [0.1, 0.15) is 5.82 Å². The van der Waals surface area contributed by atoms with Crippen molar-refractivity contribution in [2.24, 2.45) is 5.73 Å². The molecular formula is C12H18N4O. The second-order valence-corrected chi connectivity index (χ2v) is 4.33. The molecule has 1 saturated heterocycles. The predicted molar refractivity (Wildman–Crippen MR) is 66.4 cm³/mol. The summed E-state index contributed by atoms with van der Waals surface area (Å²) in [6.45, 7) is 1.69. The number of aromatic nitrogens is 1. The molecule has 0 bridgehead atoms. The van der Waals surface area contributed by atoms with E-state index in [0.717, 1.165) is 37.3 Å². The number of carbonyl (C=O) groups is 1. The van der Waals surface area contributed by atoms with Crippen molar-refractivity contribution in [2.75, 3.05) is 18.9 Å². The molecule has 0 aromatic carbocycles. The van der Waals surface area contributed by atoms with Crippen LogP contribution in [0.4, 0.5) is 5.82 Å². The van der Waals surface area contributed by atoms with E-state index in [9.17, 15) is 4.79 Å². The molecule has 0 saturated carbocycles. The first-order valence-corrected chi connectivity index (χ1v) is 5.87. The van der Waals surface area contributed by atoms with Gasteiger partial charge < -0.3 is 11.1 Å². The molecule has 1 aliphatic rings. The number of rotatable bonds is 4. The van der Waals surface area contributed by atoms with Gasteiger partial charge in [-0.25, -0.2) is 4.98 Å². The number of hydrogen-bond acceptors (Lipinski definition) is 4. The van der Waals surface area contributed by atoms with Gasteiger partial charge >= 0.3 is 0 Å². The summed E-state index contributed by atoms with van der Waals surface area (Å²) in [4.78, 5) is 17.6. The minimum atomic E-state index is -0.217. The highest BCUT2D eigenvalue weighted by Crippen LogP contribution is 2.20. The molecule has 2 heterocycles. The third kappa shape index (κ3) is 2.74. The predicted octanol–water partition coefficient (Wildman–Crippen LogP) is 0.573. The average Bonchev–Trinajstić information content (AvgIpc) is 2.77. The average molecular weight is 234 g/mol. The van der Waals surface area contributed by atoms with Crippen molar-refractivity contribution in [1.82, 2.24) is 9.88 Å². The molecule has 1 amide bonds. The number of primary amides is 1. The molecule has 1 atom stereocenters. The molecule has 92 valence electrons. The van der Waals surface area contributed by atoms with Gasteiger partial charge in [-0.1, -0.05) is 0 Å². The van der Waals surface area contributed by atoms with Crippen LogP contribution in [-0.4, -0.2) is 35.4 Å². The van der Waals surface area contributed by atoms with Crippen LogP contribution < -0.4 is 11.1 Å². The van der Waals surface area contributed by atoms with E-state index in [0.29, 0.717) is 0 Å². The lowest BCUT2D eigenvalue weighted by molar-refractivity contribution is -0.122. The van der Waals surface area contributed by atoms with Crippen molar-refractivity contribution in [3.05, 3.63) is 23.9 Å². The van der Waals surface area contributed by atoms with Gasteiger partial charge in [-0.2, -0.15) is 0 Å². The second-order valence-electron chi connectivity index (χ2n) is 4.33. The zero-order valence-electron chi connectivity index (χ0n) is 10.0. The summed E-state index contributed by atoms with van der Waals surface area (Å²) >= 11 is 0. The lowest BCUT2D eigenvalue weighted by Crippen LogP contribution is -2.39. The maximum Gasteiger partial charge on any atom is 0.234 e. The number of nitrogens with one attached hydrogen (secondary N) is 1. The maximum atomic E-state index is 11.3. The Bertz CT molecular complexity index is 407. The molecule has 1 aliphatic heterocycles. The van der Waals surface area contributed by atoms with Crippen molar-refractivity contribution in [3.63, 3.8) is 0 Å². The molecular weight excluding hydrogens is 216 g/mol. The second kappa shape index (κ2) is 5.14. The first-order chi connectivity index (χ1) is 8.20. The third-order valence-electron chi connectivity index (χ3n) is 3.16. The zero-order chi connectivity index (χ0) is 12.3. The Balaban J connectivity index is 2.06. The number of nitrogens with two attached hydrogens (primary N) is 1. The molecule has 5 nitrogen and oxygen atoms in total. The van der Waals surface area contributed by atoms with E-state index in [1.165, 1.54) is 0 Å². The van der Waals surface area contributed by atoms with E-state index in [1.54, 1.807) is 6.20 Å². The maximum absolute atomic E-state index is 11.3. The van der Waals surface area contributed by atoms with Crippen molar-refractivity contribution in [2.45, 2.75) is 25.4 Å². The van der Waals surface area contributed by atoms with Gasteiger partial charge in [-0.3, -0.25) is 9.69 Å². The van der Waals surface area contributed by atoms with Gasteiger partial charge in [0.2, 0.25) is 5.91 Å². The molecule has 3 N–H and O–H groups in total. The topological polar surface area (TPSA) is 71.2 Å². The van der Waals surface area contributed by atoms with E-state index < -0.39 is 0 Å². The van der Waals surface area contributed by atoms with Gasteiger partial charge in [-0.05, 0) is 37.1 Å². The van der Waals surface area contributed by atoms with E-state index in [4.69, 9.17) is 5.73 Å². The van der Waals surface area contributed by atoms with Gasteiger partial charge in [-0.15, -0.1) is 0 Å². The monoisotopic (exact) mass is 234 g/mol. The van der Waals surface area contributed by atoms with Crippen LogP contribution in [0.5, 0.6) is 0 Å². The quantitative estimate of drug-likeness (QED) is 0.799. The first kappa shape index (κ1) is 11.9. The summed E-state index contributed by atoms with van der Waals surface area (Å²) in [5, 5.41) is 3.00. The minimum Gasteiger partial charge on any atom is -0.373 e. The van der Waals surface area contributed by atoms with Gasteiger partial charge in [0.25, 0.3) is 0 Å². The summed E-state index contributed by atoms with van der Waals surface area (Å²) in [5.41, 5.74) is 6.54. The van der Waals surface area contributed by atoms with E-state index in [-0.39, 0.29) is 11.9 Å². The Morgan fingerprint density at radius 2 is 2.53 bits per heavy atom. The van der Waals surface area contributed by atoms with Crippen LogP contribution in [0.1, 0.15) is 18.4 Å². The molecule has 5 heteroatoms. The summed E-state index contributed by atoms with van der Waals surface area (Å²) in [5.74, 6) is 0.628. The number of nitrogens with zero attached hydrogens (tertiary/aromatic N) is 2. The molecule has 1 aromatic heterocycles. The number of amides is 1.